The van der Waals surface area contributed by atoms with Crippen LogP contribution in [0.4, 0.5) is 5.69 Å². The monoisotopic (exact) mass is 351 g/mol. The fourth-order valence-corrected chi connectivity index (χ4v) is 1.97. The first kappa shape index (κ1) is 16.4. The molecule has 0 aliphatic heterocycles. The molecule has 0 radical (unpaired) electrons. The summed E-state index contributed by atoms with van der Waals surface area (Å²) in [6.45, 7) is 0. The van der Waals surface area contributed by atoms with Crippen LogP contribution in [0, 0.1) is 0 Å². The standard InChI is InChI=1S/C15H11Cl2N3OS/c16-11-4-1-10(2-5-11)3-8-14(21)20-15(22)19-12-6-7-13(17)18-9-12/h1-9H,(H2,19,20,21,22)/b8-3+. The highest BCUT2D eigenvalue weighted by atomic mass is 35.5. The van der Waals surface area contributed by atoms with Crippen molar-refractivity contribution < 1.29 is 4.79 Å². The van der Waals surface area contributed by atoms with E-state index in [9.17, 15) is 4.79 Å². The maximum atomic E-state index is 11.7. The summed E-state index contributed by atoms with van der Waals surface area (Å²) in [4.78, 5) is 15.7. The van der Waals surface area contributed by atoms with Gasteiger partial charge in [-0.05, 0) is 48.1 Å². The molecule has 0 unspecified atom stereocenters. The molecule has 0 aliphatic carbocycles. The number of thiocarbonyl (C=S) groups is 1. The number of pyridine rings is 1. The normalized spacial score (nSPS) is 10.5. The van der Waals surface area contributed by atoms with E-state index in [-0.39, 0.29) is 11.0 Å². The molecular formula is C15H11Cl2N3OS. The van der Waals surface area contributed by atoms with E-state index < -0.39 is 0 Å². The third-order valence-electron chi connectivity index (χ3n) is 2.52. The summed E-state index contributed by atoms with van der Waals surface area (Å²) in [7, 11) is 0. The van der Waals surface area contributed by atoms with Gasteiger partial charge in [-0.1, -0.05) is 35.3 Å². The third-order valence-corrected chi connectivity index (χ3v) is 3.20. The van der Waals surface area contributed by atoms with E-state index >= 15 is 0 Å². The number of aromatic nitrogens is 1. The minimum absolute atomic E-state index is 0.176. The van der Waals surface area contributed by atoms with E-state index in [1.807, 2.05) is 12.1 Å². The molecule has 1 aromatic carbocycles. The SMILES string of the molecule is O=C(/C=C/c1ccc(Cl)cc1)NC(=S)Nc1ccc(Cl)nc1. The Labute approximate surface area is 143 Å². The average molecular weight is 352 g/mol. The molecule has 0 atom stereocenters. The second-order valence-corrected chi connectivity index (χ2v) is 5.43. The smallest absolute Gasteiger partial charge is 0.250 e. The molecule has 1 amide bonds. The lowest BCUT2D eigenvalue weighted by Gasteiger charge is -2.07. The first-order valence-electron chi connectivity index (χ1n) is 6.20. The highest BCUT2D eigenvalue weighted by Crippen LogP contribution is 2.11. The summed E-state index contributed by atoms with van der Waals surface area (Å²) in [5, 5.41) is 6.56. The zero-order valence-electron chi connectivity index (χ0n) is 11.2. The summed E-state index contributed by atoms with van der Waals surface area (Å²) >= 11 is 16.5. The van der Waals surface area contributed by atoms with Crippen LogP contribution in [0.15, 0.2) is 48.7 Å². The van der Waals surface area contributed by atoms with E-state index in [1.165, 1.54) is 12.3 Å². The molecule has 22 heavy (non-hydrogen) atoms. The molecule has 1 aromatic heterocycles. The molecule has 0 aliphatic rings. The number of carbonyl (C=O) groups excluding carboxylic acids is 1. The molecule has 2 aromatic rings. The van der Waals surface area contributed by atoms with Crippen LogP contribution in [0.25, 0.3) is 6.08 Å². The lowest BCUT2D eigenvalue weighted by Crippen LogP contribution is -2.32. The number of rotatable bonds is 3. The number of nitrogens with zero attached hydrogens (tertiary/aromatic N) is 1. The van der Waals surface area contributed by atoms with Gasteiger partial charge in [0.05, 0.1) is 11.9 Å². The van der Waals surface area contributed by atoms with Crippen LogP contribution in [0.1, 0.15) is 5.56 Å². The summed E-state index contributed by atoms with van der Waals surface area (Å²) in [6, 6.07) is 10.4. The average Bonchev–Trinajstić information content (AvgIpc) is 2.49. The van der Waals surface area contributed by atoms with Crippen LogP contribution in [0.3, 0.4) is 0 Å². The molecular weight excluding hydrogens is 341 g/mol. The Morgan fingerprint density at radius 3 is 2.50 bits per heavy atom. The third kappa shape index (κ3) is 5.44. The van der Waals surface area contributed by atoms with Crippen LogP contribution in [0.2, 0.25) is 10.2 Å². The molecule has 7 heteroatoms. The molecule has 2 rings (SSSR count). The lowest BCUT2D eigenvalue weighted by molar-refractivity contribution is -0.115. The second-order valence-electron chi connectivity index (χ2n) is 4.20. The summed E-state index contributed by atoms with van der Waals surface area (Å²) in [6.07, 6.45) is 4.57. The number of anilines is 1. The van der Waals surface area contributed by atoms with Gasteiger partial charge in [0.25, 0.3) is 0 Å². The van der Waals surface area contributed by atoms with Crippen molar-refractivity contribution in [1.29, 1.82) is 0 Å². The van der Waals surface area contributed by atoms with Gasteiger partial charge in [0.15, 0.2) is 5.11 Å². The quantitative estimate of drug-likeness (QED) is 0.500. The van der Waals surface area contributed by atoms with E-state index in [2.05, 4.69) is 15.6 Å². The number of hydrogen-bond donors (Lipinski definition) is 2. The van der Waals surface area contributed by atoms with Gasteiger partial charge in [0.1, 0.15) is 5.15 Å². The van der Waals surface area contributed by atoms with Crippen LogP contribution in [-0.2, 0) is 4.79 Å². The molecule has 0 fully saturated rings. The van der Waals surface area contributed by atoms with E-state index in [4.69, 9.17) is 35.4 Å². The van der Waals surface area contributed by atoms with Gasteiger partial charge in [-0.15, -0.1) is 0 Å². The van der Waals surface area contributed by atoms with Crippen molar-refractivity contribution in [3.63, 3.8) is 0 Å². The predicted octanol–water partition coefficient (Wildman–Crippen LogP) is 3.91. The summed E-state index contributed by atoms with van der Waals surface area (Å²) < 4.78 is 0. The van der Waals surface area contributed by atoms with Crippen molar-refractivity contribution >= 4 is 58.2 Å². The number of nitrogens with one attached hydrogen (secondary N) is 2. The fraction of sp³-hybridized carbons (Fsp3) is 0. The summed E-state index contributed by atoms with van der Waals surface area (Å²) in [5.41, 5.74) is 1.50. The van der Waals surface area contributed by atoms with Crippen molar-refractivity contribution in [3.8, 4) is 0 Å². The van der Waals surface area contributed by atoms with Crippen LogP contribution >= 0.6 is 35.4 Å². The van der Waals surface area contributed by atoms with Gasteiger partial charge in [-0.3, -0.25) is 10.1 Å². The van der Waals surface area contributed by atoms with Crippen molar-refractivity contribution in [3.05, 3.63) is 64.4 Å². The molecule has 0 spiro atoms. The Morgan fingerprint density at radius 1 is 1.14 bits per heavy atom. The van der Waals surface area contributed by atoms with Gasteiger partial charge in [-0.25, -0.2) is 4.98 Å². The number of hydrogen-bond acceptors (Lipinski definition) is 3. The van der Waals surface area contributed by atoms with Crippen molar-refractivity contribution in [2.75, 3.05) is 5.32 Å². The highest BCUT2D eigenvalue weighted by Gasteiger charge is 2.02. The number of halogens is 2. The number of amides is 1. The molecule has 0 bridgehead atoms. The van der Waals surface area contributed by atoms with Crippen LogP contribution in [-0.4, -0.2) is 16.0 Å². The Balaban J connectivity index is 1.87. The fourth-order valence-electron chi connectivity index (χ4n) is 1.51. The summed E-state index contributed by atoms with van der Waals surface area (Å²) in [5.74, 6) is -0.339. The Bertz CT molecular complexity index is 700. The maximum Gasteiger partial charge on any atom is 0.250 e. The first-order chi connectivity index (χ1) is 10.5. The zero-order valence-corrected chi connectivity index (χ0v) is 13.5. The van der Waals surface area contributed by atoms with Crippen LogP contribution in [0.5, 0.6) is 0 Å². The van der Waals surface area contributed by atoms with Crippen molar-refractivity contribution in [2.45, 2.75) is 0 Å². The highest BCUT2D eigenvalue weighted by molar-refractivity contribution is 7.80. The Hall–Kier alpha value is -1.95. The minimum atomic E-state index is -0.339. The van der Waals surface area contributed by atoms with Gasteiger partial charge < -0.3 is 5.32 Å². The van der Waals surface area contributed by atoms with E-state index in [0.29, 0.717) is 15.9 Å². The minimum Gasteiger partial charge on any atom is -0.331 e. The van der Waals surface area contributed by atoms with Gasteiger partial charge >= 0.3 is 0 Å². The zero-order chi connectivity index (χ0) is 15.9. The lowest BCUT2D eigenvalue weighted by atomic mass is 10.2. The molecule has 0 saturated heterocycles. The topological polar surface area (TPSA) is 54.0 Å². The van der Waals surface area contributed by atoms with Crippen molar-refractivity contribution in [2.24, 2.45) is 0 Å². The molecule has 1 heterocycles. The molecule has 4 nitrogen and oxygen atoms in total. The van der Waals surface area contributed by atoms with Gasteiger partial charge in [-0.2, -0.15) is 0 Å². The Morgan fingerprint density at radius 2 is 1.86 bits per heavy atom. The van der Waals surface area contributed by atoms with Crippen molar-refractivity contribution in [1.82, 2.24) is 10.3 Å². The van der Waals surface area contributed by atoms with Gasteiger partial charge in [0.2, 0.25) is 5.91 Å². The second kappa shape index (κ2) is 7.89. The largest absolute Gasteiger partial charge is 0.331 e. The predicted molar refractivity (Wildman–Crippen MR) is 94.1 cm³/mol. The van der Waals surface area contributed by atoms with Crippen LogP contribution < -0.4 is 10.6 Å². The van der Waals surface area contributed by atoms with Gasteiger partial charge in [0, 0.05) is 11.1 Å². The van der Waals surface area contributed by atoms with E-state index in [0.717, 1.165) is 5.56 Å². The van der Waals surface area contributed by atoms with E-state index in [1.54, 1.807) is 30.3 Å². The first-order valence-corrected chi connectivity index (χ1v) is 7.36. The maximum absolute atomic E-state index is 11.7. The molecule has 112 valence electrons. The molecule has 2 N–H and O–H groups in total. The Kier molecular flexibility index (Phi) is 5.89. The molecule has 0 saturated carbocycles. The number of benzene rings is 1. The number of carbonyl (C=O) groups is 1.